The molecule has 0 aromatic heterocycles. The molecule has 1 heterocycles. The predicted molar refractivity (Wildman–Crippen MR) is 78.5 cm³/mol. The fraction of sp³-hybridized carbons (Fsp3) is 0.571. The second-order valence-electron chi connectivity index (χ2n) is 5.29. The van der Waals surface area contributed by atoms with Crippen molar-refractivity contribution in [2.24, 2.45) is 0 Å². The number of benzene rings is 1. The Labute approximate surface area is 124 Å². The first kappa shape index (κ1) is 15.0. The first-order valence-electron chi connectivity index (χ1n) is 6.64. The number of hydrogen-bond acceptors (Lipinski definition) is 2. The van der Waals surface area contributed by atoms with Gasteiger partial charge in [-0.25, -0.2) is 4.39 Å². The zero-order chi connectivity index (χ0) is 12.5. The van der Waals surface area contributed by atoms with Crippen molar-refractivity contribution in [3.63, 3.8) is 0 Å². The summed E-state index contributed by atoms with van der Waals surface area (Å²) in [5.74, 6) is -0.181. The van der Waals surface area contributed by atoms with Crippen LogP contribution in [0.5, 0.6) is 0 Å². The van der Waals surface area contributed by atoms with Gasteiger partial charge in [0.25, 0.3) is 0 Å². The zero-order valence-electron chi connectivity index (χ0n) is 10.7. The molecule has 0 spiro atoms. The lowest BCUT2D eigenvalue weighted by Crippen LogP contribution is -2.38. The van der Waals surface area contributed by atoms with Crippen LogP contribution in [0.3, 0.4) is 0 Å². The predicted octanol–water partition coefficient (Wildman–Crippen LogP) is 3.23. The number of rotatable bonds is 4. The average Bonchev–Trinajstić information content (AvgIpc) is 3.03. The van der Waals surface area contributed by atoms with Crippen molar-refractivity contribution in [3.8, 4) is 0 Å². The Bertz CT molecular complexity index is 431. The summed E-state index contributed by atoms with van der Waals surface area (Å²) in [6.07, 6.45) is 3.68. The number of hydrogen-bond donors (Lipinski definition) is 1. The van der Waals surface area contributed by atoms with E-state index in [1.165, 1.54) is 25.3 Å². The van der Waals surface area contributed by atoms with Crippen LogP contribution in [0.2, 0.25) is 5.02 Å². The monoisotopic (exact) mass is 304 g/mol. The Morgan fingerprint density at radius 2 is 2.05 bits per heavy atom. The van der Waals surface area contributed by atoms with E-state index in [1.807, 2.05) is 6.07 Å². The minimum Gasteiger partial charge on any atom is -0.315 e. The van der Waals surface area contributed by atoms with Crippen LogP contribution in [0.1, 0.15) is 24.8 Å². The van der Waals surface area contributed by atoms with Crippen LogP contribution in [0.25, 0.3) is 0 Å². The Morgan fingerprint density at radius 1 is 1.26 bits per heavy atom. The molecule has 1 unspecified atom stereocenters. The third-order valence-electron chi connectivity index (χ3n) is 3.89. The average molecular weight is 305 g/mol. The van der Waals surface area contributed by atoms with Gasteiger partial charge in [0.15, 0.2) is 0 Å². The first-order chi connectivity index (χ1) is 8.74. The summed E-state index contributed by atoms with van der Waals surface area (Å²) in [4.78, 5) is 2.46. The summed E-state index contributed by atoms with van der Waals surface area (Å²) in [5.41, 5.74) is 0.762. The van der Waals surface area contributed by atoms with Gasteiger partial charge in [-0.05, 0) is 37.9 Å². The first-order valence-corrected chi connectivity index (χ1v) is 7.02. The molecule has 106 valence electrons. The maximum absolute atomic E-state index is 13.9. The van der Waals surface area contributed by atoms with Gasteiger partial charge in [-0.2, -0.15) is 0 Å². The van der Waals surface area contributed by atoms with Crippen LogP contribution >= 0.6 is 24.0 Å². The normalized spacial score (nSPS) is 22.6. The second kappa shape index (κ2) is 6.40. The van der Waals surface area contributed by atoms with Crippen molar-refractivity contribution in [1.29, 1.82) is 0 Å². The van der Waals surface area contributed by atoms with Crippen molar-refractivity contribution in [3.05, 3.63) is 34.6 Å². The Morgan fingerprint density at radius 3 is 2.63 bits per heavy atom. The van der Waals surface area contributed by atoms with Crippen molar-refractivity contribution in [2.75, 3.05) is 13.1 Å². The molecule has 2 aliphatic rings. The number of nitrogens with one attached hydrogen (secondary N) is 1. The minimum absolute atomic E-state index is 0. The molecule has 1 aliphatic heterocycles. The molecule has 1 N–H and O–H groups in total. The summed E-state index contributed by atoms with van der Waals surface area (Å²) in [5, 5.41) is 3.86. The molecular weight excluding hydrogens is 286 g/mol. The third-order valence-corrected chi connectivity index (χ3v) is 4.12. The smallest absolute Gasteiger partial charge is 0.129 e. The molecule has 1 atom stereocenters. The van der Waals surface area contributed by atoms with Gasteiger partial charge in [0.2, 0.25) is 0 Å². The number of halogens is 3. The SMILES string of the molecule is Cl.Fc1cc(Cl)ccc1CN(C1CC1)C1CCNC1. The molecular formula is C14H19Cl2FN2. The van der Waals surface area contributed by atoms with Gasteiger partial charge in [-0.1, -0.05) is 17.7 Å². The highest BCUT2D eigenvalue weighted by Gasteiger charge is 2.35. The highest BCUT2D eigenvalue weighted by Crippen LogP contribution is 2.32. The van der Waals surface area contributed by atoms with Gasteiger partial charge in [0.05, 0.1) is 0 Å². The van der Waals surface area contributed by atoms with Crippen LogP contribution in [0.4, 0.5) is 4.39 Å². The Balaban J connectivity index is 0.00000133. The molecule has 5 heteroatoms. The summed E-state index contributed by atoms with van der Waals surface area (Å²) >= 11 is 5.79. The molecule has 2 fully saturated rings. The van der Waals surface area contributed by atoms with Crippen molar-refractivity contribution < 1.29 is 4.39 Å². The largest absolute Gasteiger partial charge is 0.315 e. The van der Waals surface area contributed by atoms with E-state index < -0.39 is 0 Å². The summed E-state index contributed by atoms with van der Waals surface area (Å²) in [6, 6.07) is 6.22. The maximum atomic E-state index is 13.9. The van der Waals surface area contributed by atoms with Crippen LogP contribution in [0, 0.1) is 5.82 Å². The van der Waals surface area contributed by atoms with E-state index in [-0.39, 0.29) is 18.2 Å². The van der Waals surface area contributed by atoms with Gasteiger partial charge in [-0.15, -0.1) is 12.4 Å². The molecule has 0 amide bonds. The standard InChI is InChI=1S/C14H18ClFN2.ClH/c15-11-2-1-10(14(16)7-11)9-18(12-3-4-12)13-5-6-17-8-13;/h1-2,7,12-13,17H,3-6,8-9H2;1H. The molecule has 2 nitrogen and oxygen atoms in total. The van der Waals surface area contributed by atoms with E-state index in [9.17, 15) is 4.39 Å². The van der Waals surface area contributed by atoms with Gasteiger partial charge in [-0.3, -0.25) is 4.90 Å². The van der Waals surface area contributed by atoms with E-state index in [1.54, 1.807) is 6.07 Å². The third kappa shape index (κ3) is 3.60. The summed E-state index contributed by atoms with van der Waals surface area (Å²) < 4.78 is 13.9. The van der Waals surface area contributed by atoms with Gasteiger partial charge in [0, 0.05) is 35.8 Å². The van der Waals surface area contributed by atoms with Crippen molar-refractivity contribution in [2.45, 2.75) is 37.9 Å². The Kier molecular flexibility index (Phi) is 5.07. The highest BCUT2D eigenvalue weighted by molar-refractivity contribution is 6.30. The maximum Gasteiger partial charge on any atom is 0.129 e. The topological polar surface area (TPSA) is 15.3 Å². The molecule has 1 aliphatic carbocycles. The van der Waals surface area contributed by atoms with Crippen molar-refractivity contribution in [1.82, 2.24) is 10.2 Å². The molecule has 0 bridgehead atoms. The molecule has 0 radical (unpaired) electrons. The summed E-state index contributed by atoms with van der Waals surface area (Å²) in [6.45, 7) is 2.82. The quantitative estimate of drug-likeness (QED) is 0.919. The van der Waals surface area contributed by atoms with Crippen LogP contribution in [0.15, 0.2) is 18.2 Å². The molecule has 1 aromatic carbocycles. The van der Waals surface area contributed by atoms with E-state index in [4.69, 9.17) is 11.6 Å². The van der Waals surface area contributed by atoms with Crippen LogP contribution < -0.4 is 5.32 Å². The molecule has 19 heavy (non-hydrogen) atoms. The lowest BCUT2D eigenvalue weighted by Gasteiger charge is -2.28. The van der Waals surface area contributed by atoms with Gasteiger partial charge in [0.1, 0.15) is 5.82 Å². The summed E-state index contributed by atoms with van der Waals surface area (Å²) in [7, 11) is 0. The lowest BCUT2D eigenvalue weighted by atomic mass is 10.1. The van der Waals surface area contributed by atoms with E-state index in [0.717, 1.165) is 18.7 Å². The van der Waals surface area contributed by atoms with E-state index >= 15 is 0 Å². The zero-order valence-corrected chi connectivity index (χ0v) is 12.3. The minimum atomic E-state index is -0.181. The van der Waals surface area contributed by atoms with Crippen LogP contribution in [-0.2, 0) is 6.54 Å². The van der Waals surface area contributed by atoms with Gasteiger partial charge < -0.3 is 5.32 Å². The highest BCUT2D eigenvalue weighted by atomic mass is 35.5. The Hall–Kier alpha value is -0.350. The molecule has 3 rings (SSSR count). The molecule has 1 saturated heterocycles. The van der Waals surface area contributed by atoms with Crippen LogP contribution in [-0.4, -0.2) is 30.1 Å². The fourth-order valence-electron chi connectivity index (χ4n) is 2.73. The van der Waals surface area contributed by atoms with Crippen molar-refractivity contribution >= 4 is 24.0 Å². The van der Waals surface area contributed by atoms with E-state index in [0.29, 0.717) is 23.7 Å². The lowest BCUT2D eigenvalue weighted by molar-refractivity contribution is 0.186. The second-order valence-corrected chi connectivity index (χ2v) is 5.72. The van der Waals surface area contributed by atoms with Gasteiger partial charge >= 0.3 is 0 Å². The molecule has 1 saturated carbocycles. The molecule has 1 aromatic rings. The fourth-order valence-corrected chi connectivity index (χ4v) is 2.89. The van der Waals surface area contributed by atoms with E-state index in [2.05, 4.69) is 10.2 Å². The number of nitrogens with zero attached hydrogens (tertiary/aromatic N) is 1.